The highest BCUT2D eigenvalue weighted by molar-refractivity contribution is 5.81. The molecule has 1 aliphatic heterocycles. The van der Waals surface area contributed by atoms with Gasteiger partial charge in [-0.2, -0.15) is 0 Å². The van der Waals surface area contributed by atoms with Crippen LogP contribution in [-0.4, -0.2) is 45.5 Å². The topological polar surface area (TPSA) is 85.9 Å². The van der Waals surface area contributed by atoms with Crippen molar-refractivity contribution >= 4 is 22.6 Å². The zero-order valence-corrected chi connectivity index (χ0v) is 16.6. The second-order valence-electron chi connectivity index (χ2n) is 8.17. The number of carbonyl (C=O) groups excluding carboxylic acids is 1. The first-order valence-corrected chi connectivity index (χ1v) is 10.3. The van der Waals surface area contributed by atoms with Crippen LogP contribution in [0.2, 0.25) is 0 Å². The molecule has 1 saturated heterocycles. The summed E-state index contributed by atoms with van der Waals surface area (Å²) in [5, 5.41) is 6.65. The molecule has 0 bridgehead atoms. The molecule has 3 N–H and O–H groups in total. The molecule has 3 atom stereocenters. The fourth-order valence-corrected chi connectivity index (χ4v) is 4.77. The Balaban J connectivity index is 1.21. The summed E-state index contributed by atoms with van der Waals surface area (Å²) in [6.45, 7) is 0.819. The Morgan fingerprint density at radius 1 is 1.21 bits per heavy atom. The van der Waals surface area contributed by atoms with Crippen molar-refractivity contribution in [3.8, 4) is 0 Å². The van der Waals surface area contributed by atoms with Crippen LogP contribution < -0.4 is 10.7 Å². The van der Waals surface area contributed by atoms with Gasteiger partial charge in [0, 0.05) is 49.0 Å². The summed E-state index contributed by atoms with van der Waals surface area (Å²) in [6.07, 6.45) is 7.41. The Hall–Kier alpha value is -2.93. The molecule has 5 rings (SSSR count). The number of hydrogen-bond donors (Lipinski definition) is 3. The van der Waals surface area contributed by atoms with Crippen LogP contribution in [0.15, 0.2) is 42.9 Å². The molecular formula is C22H26N6O. The first-order valence-electron chi connectivity index (χ1n) is 10.3. The van der Waals surface area contributed by atoms with Crippen molar-refractivity contribution in [1.29, 1.82) is 0 Å². The Morgan fingerprint density at radius 2 is 2.14 bits per heavy atom. The maximum absolute atomic E-state index is 12.0. The van der Waals surface area contributed by atoms with E-state index < -0.39 is 0 Å². The molecule has 1 amide bonds. The maximum Gasteiger partial charge on any atom is 0.239 e. The lowest BCUT2D eigenvalue weighted by Crippen LogP contribution is -2.37. The number of rotatable bonds is 5. The molecule has 3 aromatic rings. The van der Waals surface area contributed by atoms with E-state index in [-0.39, 0.29) is 17.9 Å². The minimum atomic E-state index is 0.118. The summed E-state index contributed by atoms with van der Waals surface area (Å²) >= 11 is 0. The normalized spacial score (nSPS) is 24.4. The van der Waals surface area contributed by atoms with Crippen molar-refractivity contribution in [2.75, 3.05) is 18.9 Å². The molecule has 7 nitrogen and oxygen atoms in total. The molecule has 1 aromatic carbocycles. The largest absolute Gasteiger partial charge is 0.370 e. The van der Waals surface area contributed by atoms with Gasteiger partial charge < -0.3 is 10.3 Å². The zero-order valence-electron chi connectivity index (χ0n) is 16.6. The van der Waals surface area contributed by atoms with Gasteiger partial charge in [0.2, 0.25) is 5.91 Å². The lowest BCUT2D eigenvalue weighted by Gasteiger charge is -2.32. The highest BCUT2D eigenvalue weighted by Crippen LogP contribution is 2.39. The summed E-state index contributed by atoms with van der Waals surface area (Å²) in [5.41, 5.74) is 6.48. The van der Waals surface area contributed by atoms with E-state index in [2.05, 4.69) is 56.0 Å². The quantitative estimate of drug-likeness (QED) is 0.624. The number of hydrazine groups is 1. The third-order valence-corrected chi connectivity index (χ3v) is 6.38. The van der Waals surface area contributed by atoms with Gasteiger partial charge in [-0.05, 0) is 48.8 Å². The Labute approximate surface area is 169 Å². The summed E-state index contributed by atoms with van der Waals surface area (Å²) in [7, 11) is 1.96. The molecule has 0 spiro atoms. The fraction of sp³-hybridized carbons (Fsp3) is 0.409. The molecule has 2 aromatic heterocycles. The van der Waals surface area contributed by atoms with Crippen LogP contribution in [0, 0.1) is 5.92 Å². The number of carbonyl (C=O) groups is 1. The molecule has 3 heterocycles. The number of hydrogen-bond acceptors (Lipinski definition) is 5. The van der Waals surface area contributed by atoms with Gasteiger partial charge in [-0.25, -0.2) is 15.0 Å². The van der Waals surface area contributed by atoms with E-state index in [0.717, 1.165) is 43.7 Å². The number of aromatic nitrogens is 3. The second kappa shape index (κ2) is 7.48. The minimum absolute atomic E-state index is 0.118. The predicted molar refractivity (Wildman–Crippen MR) is 112 cm³/mol. The first-order chi connectivity index (χ1) is 14.2. The Morgan fingerprint density at radius 3 is 3.07 bits per heavy atom. The minimum Gasteiger partial charge on any atom is -0.370 e. The standard InChI is InChI=1S/C22H26N6O/c1-28-20-11-16(4-5-17(20)22(29)27-28)19-12-21(26-13-25-19)24-8-6-14-2-3-15-7-9-23-18(15)10-14/h2-3,7,9-10,12-13,16-17,20,23H,4-6,8,11H2,1H3,(H,27,29)(H,24,25,26). The number of aromatic amines is 1. The number of anilines is 1. The molecule has 150 valence electrons. The SMILES string of the molecule is CN1NC(=O)C2CCC(c3cc(NCCc4ccc5cc[nH]c5c4)ncn3)CC21. The van der Waals surface area contributed by atoms with Crippen molar-refractivity contribution in [3.63, 3.8) is 0 Å². The van der Waals surface area contributed by atoms with E-state index in [4.69, 9.17) is 0 Å². The molecule has 2 aliphatic rings. The zero-order chi connectivity index (χ0) is 19.8. The van der Waals surface area contributed by atoms with Crippen molar-refractivity contribution < 1.29 is 4.79 Å². The van der Waals surface area contributed by atoms with Crippen molar-refractivity contribution in [2.24, 2.45) is 5.92 Å². The third kappa shape index (κ3) is 3.58. The van der Waals surface area contributed by atoms with Gasteiger partial charge in [0.05, 0.1) is 5.92 Å². The third-order valence-electron chi connectivity index (χ3n) is 6.38. The molecular weight excluding hydrogens is 364 g/mol. The van der Waals surface area contributed by atoms with Crippen LogP contribution >= 0.6 is 0 Å². The molecule has 0 radical (unpaired) electrons. The lowest BCUT2D eigenvalue weighted by molar-refractivity contribution is -0.123. The van der Waals surface area contributed by atoms with E-state index in [1.807, 2.05) is 18.3 Å². The van der Waals surface area contributed by atoms with Gasteiger partial charge in [-0.15, -0.1) is 0 Å². The van der Waals surface area contributed by atoms with Crippen molar-refractivity contribution in [2.45, 2.75) is 37.6 Å². The predicted octanol–water partition coefficient (Wildman–Crippen LogP) is 2.84. The summed E-state index contributed by atoms with van der Waals surface area (Å²) in [5.74, 6) is 1.52. The Bertz CT molecular complexity index is 1030. The van der Waals surface area contributed by atoms with Crippen LogP contribution in [-0.2, 0) is 11.2 Å². The number of H-pyrrole nitrogens is 1. The molecule has 7 heteroatoms. The lowest BCUT2D eigenvalue weighted by atomic mass is 9.77. The van der Waals surface area contributed by atoms with Gasteiger partial charge in [0.25, 0.3) is 0 Å². The number of amides is 1. The summed E-state index contributed by atoms with van der Waals surface area (Å²) in [6, 6.07) is 10.9. The van der Waals surface area contributed by atoms with Crippen molar-refractivity contribution in [3.05, 3.63) is 54.1 Å². The summed E-state index contributed by atoms with van der Waals surface area (Å²) in [4.78, 5) is 24.2. The number of fused-ring (bicyclic) bond motifs is 2. The van der Waals surface area contributed by atoms with Gasteiger partial charge in [0.15, 0.2) is 0 Å². The average molecular weight is 390 g/mol. The number of nitrogens with one attached hydrogen (secondary N) is 3. The molecule has 3 unspecified atom stereocenters. The molecule has 2 fully saturated rings. The van der Waals surface area contributed by atoms with E-state index in [9.17, 15) is 4.79 Å². The monoisotopic (exact) mass is 390 g/mol. The van der Waals surface area contributed by atoms with Crippen LogP contribution in [0.4, 0.5) is 5.82 Å². The molecule has 1 saturated carbocycles. The van der Waals surface area contributed by atoms with E-state index in [1.165, 1.54) is 16.5 Å². The average Bonchev–Trinajstić information content (AvgIpc) is 3.32. The summed E-state index contributed by atoms with van der Waals surface area (Å²) < 4.78 is 0. The van der Waals surface area contributed by atoms with E-state index >= 15 is 0 Å². The smallest absolute Gasteiger partial charge is 0.239 e. The maximum atomic E-state index is 12.0. The number of benzene rings is 1. The Kier molecular flexibility index (Phi) is 4.67. The van der Waals surface area contributed by atoms with Gasteiger partial charge in [-0.1, -0.05) is 12.1 Å². The van der Waals surface area contributed by atoms with Gasteiger partial charge >= 0.3 is 0 Å². The highest BCUT2D eigenvalue weighted by atomic mass is 16.2. The van der Waals surface area contributed by atoms with Crippen LogP contribution in [0.1, 0.15) is 36.4 Å². The number of nitrogens with zero attached hydrogens (tertiary/aromatic N) is 3. The molecule has 29 heavy (non-hydrogen) atoms. The first kappa shape index (κ1) is 18.1. The molecule has 1 aliphatic carbocycles. The van der Waals surface area contributed by atoms with Crippen molar-refractivity contribution in [1.82, 2.24) is 25.4 Å². The van der Waals surface area contributed by atoms with Gasteiger partial charge in [-0.3, -0.25) is 10.2 Å². The second-order valence-corrected chi connectivity index (χ2v) is 8.17. The van der Waals surface area contributed by atoms with E-state index in [0.29, 0.717) is 5.92 Å². The van der Waals surface area contributed by atoms with Gasteiger partial charge in [0.1, 0.15) is 12.1 Å². The fourth-order valence-electron chi connectivity index (χ4n) is 4.77. The van der Waals surface area contributed by atoms with Crippen LogP contribution in [0.25, 0.3) is 10.9 Å². The highest BCUT2D eigenvalue weighted by Gasteiger charge is 2.43. The van der Waals surface area contributed by atoms with E-state index in [1.54, 1.807) is 6.33 Å². The van der Waals surface area contributed by atoms with Crippen LogP contribution in [0.5, 0.6) is 0 Å². The van der Waals surface area contributed by atoms with Crippen LogP contribution in [0.3, 0.4) is 0 Å².